The molecule has 1 amide bonds. The average molecular weight is 468 g/mol. The predicted octanol–water partition coefficient (Wildman–Crippen LogP) is 3.45. The first kappa shape index (κ1) is 24.7. The van der Waals surface area contributed by atoms with Gasteiger partial charge < -0.3 is 24.3 Å². The fourth-order valence-electron chi connectivity index (χ4n) is 3.57. The zero-order valence-electron chi connectivity index (χ0n) is 18.5. The fourth-order valence-corrected chi connectivity index (χ4v) is 3.57. The summed E-state index contributed by atoms with van der Waals surface area (Å²) >= 11 is 0. The predicted molar refractivity (Wildman–Crippen MR) is 115 cm³/mol. The molecule has 2 aromatic rings. The van der Waals surface area contributed by atoms with E-state index in [0.717, 1.165) is 5.56 Å². The summed E-state index contributed by atoms with van der Waals surface area (Å²) in [6.07, 6.45) is -4.42. The van der Waals surface area contributed by atoms with E-state index in [-0.39, 0.29) is 17.7 Å². The second-order valence-electron chi connectivity index (χ2n) is 7.42. The van der Waals surface area contributed by atoms with Gasteiger partial charge in [0.1, 0.15) is 5.75 Å². The molecule has 1 atom stereocenters. The van der Waals surface area contributed by atoms with Crippen molar-refractivity contribution in [2.24, 2.45) is 0 Å². The van der Waals surface area contributed by atoms with Gasteiger partial charge in [0.05, 0.1) is 33.5 Å². The quantitative estimate of drug-likeness (QED) is 0.608. The number of benzene rings is 2. The molecule has 7 nitrogen and oxygen atoms in total. The number of rotatable bonds is 9. The van der Waals surface area contributed by atoms with Crippen LogP contribution in [0.2, 0.25) is 0 Å². The number of hydrogen-bond donors (Lipinski definition) is 1. The number of carbonyl (C=O) groups excluding carboxylic acids is 1. The molecule has 0 bridgehead atoms. The van der Waals surface area contributed by atoms with Crippen LogP contribution in [0.5, 0.6) is 17.2 Å². The van der Waals surface area contributed by atoms with Crippen LogP contribution in [0.15, 0.2) is 42.5 Å². The van der Waals surface area contributed by atoms with E-state index in [1.807, 2.05) is 18.2 Å². The summed E-state index contributed by atoms with van der Waals surface area (Å²) in [4.78, 5) is 14.9. The SMILES string of the molecule is COc1ccc(C(CNC(=O)c2ccc(OCC(F)(F)F)cc2)N2CCOCC2)cc1OC. The maximum absolute atomic E-state index is 12.7. The molecule has 3 rings (SSSR count). The number of carbonyl (C=O) groups is 1. The lowest BCUT2D eigenvalue weighted by molar-refractivity contribution is -0.153. The third-order valence-electron chi connectivity index (χ3n) is 5.25. The molecule has 1 fully saturated rings. The molecule has 0 spiro atoms. The van der Waals surface area contributed by atoms with Gasteiger partial charge in [-0.05, 0) is 42.0 Å². The van der Waals surface area contributed by atoms with Crippen LogP contribution in [0.4, 0.5) is 13.2 Å². The second kappa shape index (κ2) is 11.2. The molecule has 180 valence electrons. The maximum atomic E-state index is 12.7. The molecule has 2 aromatic carbocycles. The first-order chi connectivity index (χ1) is 15.8. The summed E-state index contributed by atoms with van der Waals surface area (Å²) in [5, 5.41) is 2.92. The van der Waals surface area contributed by atoms with Crippen LogP contribution >= 0.6 is 0 Å². The van der Waals surface area contributed by atoms with Crippen LogP contribution in [0.1, 0.15) is 22.0 Å². The van der Waals surface area contributed by atoms with Crippen LogP contribution in [0, 0.1) is 0 Å². The van der Waals surface area contributed by atoms with E-state index in [0.29, 0.717) is 49.9 Å². The second-order valence-corrected chi connectivity index (χ2v) is 7.42. The third kappa shape index (κ3) is 7.00. The number of hydrogen-bond acceptors (Lipinski definition) is 6. The molecule has 0 aromatic heterocycles. The molecule has 1 saturated heterocycles. The van der Waals surface area contributed by atoms with Gasteiger partial charge in [-0.15, -0.1) is 0 Å². The number of nitrogens with zero attached hydrogens (tertiary/aromatic N) is 1. The van der Waals surface area contributed by atoms with Gasteiger partial charge in [0, 0.05) is 25.2 Å². The molecule has 1 unspecified atom stereocenters. The number of morpholine rings is 1. The highest BCUT2D eigenvalue weighted by atomic mass is 19.4. The van der Waals surface area contributed by atoms with Gasteiger partial charge in [0.15, 0.2) is 18.1 Å². The minimum Gasteiger partial charge on any atom is -0.493 e. The van der Waals surface area contributed by atoms with Crippen molar-refractivity contribution in [2.75, 3.05) is 53.7 Å². The summed E-state index contributed by atoms with van der Waals surface area (Å²) in [5.41, 5.74) is 1.27. The lowest BCUT2D eigenvalue weighted by Crippen LogP contribution is -2.43. The normalized spacial score (nSPS) is 15.5. The Morgan fingerprint density at radius 3 is 2.33 bits per heavy atom. The first-order valence-electron chi connectivity index (χ1n) is 10.4. The van der Waals surface area contributed by atoms with E-state index >= 15 is 0 Å². The summed E-state index contributed by atoms with van der Waals surface area (Å²) < 4.78 is 57.8. The minimum absolute atomic E-state index is 0.0420. The Bertz CT molecular complexity index is 915. The molecule has 1 N–H and O–H groups in total. The lowest BCUT2D eigenvalue weighted by atomic mass is 10.0. The van der Waals surface area contributed by atoms with Crippen molar-refractivity contribution in [2.45, 2.75) is 12.2 Å². The monoisotopic (exact) mass is 468 g/mol. The van der Waals surface area contributed by atoms with Crippen molar-refractivity contribution in [3.63, 3.8) is 0 Å². The molecule has 33 heavy (non-hydrogen) atoms. The largest absolute Gasteiger partial charge is 0.493 e. The number of alkyl halides is 3. The highest BCUT2D eigenvalue weighted by Crippen LogP contribution is 2.32. The molecule has 10 heteroatoms. The summed E-state index contributed by atoms with van der Waals surface area (Å²) in [6, 6.07) is 11.1. The van der Waals surface area contributed by atoms with E-state index in [1.54, 1.807) is 14.2 Å². The van der Waals surface area contributed by atoms with Gasteiger partial charge in [-0.3, -0.25) is 9.69 Å². The minimum atomic E-state index is -4.42. The van der Waals surface area contributed by atoms with Crippen molar-refractivity contribution in [1.82, 2.24) is 10.2 Å². The van der Waals surface area contributed by atoms with Crippen molar-refractivity contribution in [1.29, 1.82) is 0 Å². The van der Waals surface area contributed by atoms with Gasteiger partial charge in [-0.2, -0.15) is 13.2 Å². The van der Waals surface area contributed by atoms with E-state index < -0.39 is 12.8 Å². The van der Waals surface area contributed by atoms with Gasteiger partial charge in [0.25, 0.3) is 5.91 Å². The van der Waals surface area contributed by atoms with Crippen molar-refractivity contribution < 1.29 is 36.9 Å². The Labute approximate surface area is 190 Å². The van der Waals surface area contributed by atoms with E-state index in [1.165, 1.54) is 24.3 Å². The van der Waals surface area contributed by atoms with Gasteiger partial charge >= 0.3 is 6.18 Å². The molecule has 0 saturated carbocycles. The zero-order chi connectivity index (χ0) is 23.8. The fraction of sp³-hybridized carbons (Fsp3) is 0.435. The van der Waals surface area contributed by atoms with E-state index in [2.05, 4.69) is 15.0 Å². The smallest absolute Gasteiger partial charge is 0.422 e. The number of ether oxygens (including phenoxy) is 4. The van der Waals surface area contributed by atoms with Crippen molar-refractivity contribution in [3.05, 3.63) is 53.6 Å². The van der Waals surface area contributed by atoms with Crippen molar-refractivity contribution >= 4 is 5.91 Å². The molecule has 0 aliphatic carbocycles. The van der Waals surface area contributed by atoms with Crippen LogP contribution in [0.3, 0.4) is 0 Å². The number of nitrogens with one attached hydrogen (secondary N) is 1. The van der Waals surface area contributed by atoms with Gasteiger partial charge in [-0.25, -0.2) is 0 Å². The summed E-state index contributed by atoms with van der Waals surface area (Å²) in [6.45, 7) is 1.54. The Morgan fingerprint density at radius 1 is 1.06 bits per heavy atom. The van der Waals surface area contributed by atoms with Crippen LogP contribution < -0.4 is 19.5 Å². The lowest BCUT2D eigenvalue weighted by Gasteiger charge is -2.35. The van der Waals surface area contributed by atoms with Crippen LogP contribution in [-0.2, 0) is 4.74 Å². The number of methoxy groups -OCH3 is 2. The Balaban J connectivity index is 1.69. The van der Waals surface area contributed by atoms with Crippen molar-refractivity contribution in [3.8, 4) is 17.2 Å². The Hall–Kier alpha value is -2.98. The molecule has 0 radical (unpaired) electrons. The molecular weight excluding hydrogens is 441 g/mol. The maximum Gasteiger partial charge on any atom is 0.422 e. The Kier molecular flexibility index (Phi) is 8.40. The topological polar surface area (TPSA) is 69.3 Å². The molecule has 1 heterocycles. The van der Waals surface area contributed by atoms with Crippen LogP contribution in [0.25, 0.3) is 0 Å². The first-order valence-corrected chi connectivity index (χ1v) is 10.4. The summed E-state index contributed by atoms with van der Waals surface area (Å²) in [5.74, 6) is 0.907. The van der Waals surface area contributed by atoms with E-state index in [9.17, 15) is 18.0 Å². The molecular formula is C23H27F3N2O5. The van der Waals surface area contributed by atoms with Crippen LogP contribution in [-0.4, -0.2) is 70.7 Å². The zero-order valence-corrected chi connectivity index (χ0v) is 18.5. The van der Waals surface area contributed by atoms with Gasteiger partial charge in [0.2, 0.25) is 0 Å². The average Bonchev–Trinajstić information content (AvgIpc) is 2.83. The molecule has 1 aliphatic rings. The van der Waals surface area contributed by atoms with Gasteiger partial charge in [-0.1, -0.05) is 6.07 Å². The van der Waals surface area contributed by atoms with E-state index in [4.69, 9.17) is 14.2 Å². The number of amides is 1. The standard InChI is InChI=1S/C23H27F3N2O5/c1-30-20-8-5-17(13-21(20)31-2)19(28-9-11-32-12-10-28)14-27-22(29)16-3-6-18(7-4-16)33-15-23(24,25)26/h3-8,13,19H,9-12,14-15H2,1-2H3,(H,27,29). The highest BCUT2D eigenvalue weighted by Gasteiger charge is 2.28. The Morgan fingerprint density at radius 2 is 1.73 bits per heavy atom. The third-order valence-corrected chi connectivity index (χ3v) is 5.25. The summed E-state index contributed by atoms with van der Waals surface area (Å²) in [7, 11) is 3.13. The number of halogens is 3. The molecule has 1 aliphatic heterocycles. The highest BCUT2D eigenvalue weighted by molar-refractivity contribution is 5.94.